The molecular formula is C32H25ClN2O5S. The Labute approximate surface area is 244 Å². The summed E-state index contributed by atoms with van der Waals surface area (Å²) in [4.78, 5) is 32.6. The molecule has 0 radical (unpaired) electrons. The number of allylic oxidation sites excluding steroid dienone is 1. The largest absolute Gasteiger partial charge is 0.496 e. The Morgan fingerprint density at radius 1 is 1.12 bits per heavy atom. The summed E-state index contributed by atoms with van der Waals surface area (Å²) in [5, 5.41) is 2.41. The number of furan rings is 1. The number of carbonyl (C=O) groups is 1. The average molecular weight is 585 g/mol. The molecule has 6 rings (SSSR count). The van der Waals surface area contributed by atoms with E-state index in [0.29, 0.717) is 48.5 Å². The third-order valence-corrected chi connectivity index (χ3v) is 8.17. The first-order valence-corrected chi connectivity index (χ1v) is 14.2. The lowest BCUT2D eigenvalue weighted by Crippen LogP contribution is -2.40. The molecule has 41 heavy (non-hydrogen) atoms. The van der Waals surface area contributed by atoms with Crippen LogP contribution in [-0.4, -0.2) is 24.3 Å². The van der Waals surface area contributed by atoms with E-state index in [4.69, 9.17) is 25.5 Å². The zero-order valence-corrected chi connectivity index (χ0v) is 24.1. The Bertz CT molecular complexity index is 2030. The molecule has 3 heterocycles. The van der Waals surface area contributed by atoms with Crippen LogP contribution >= 0.6 is 22.9 Å². The minimum Gasteiger partial charge on any atom is -0.496 e. The lowest BCUT2D eigenvalue weighted by atomic mass is 9.90. The molecule has 0 fully saturated rings. The summed E-state index contributed by atoms with van der Waals surface area (Å²) in [5.41, 5.74) is 2.00. The fourth-order valence-corrected chi connectivity index (χ4v) is 6.37. The highest BCUT2D eigenvalue weighted by molar-refractivity contribution is 7.07. The van der Waals surface area contributed by atoms with E-state index in [9.17, 15) is 9.59 Å². The summed E-state index contributed by atoms with van der Waals surface area (Å²) in [6.07, 6.45) is 1.69. The van der Waals surface area contributed by atoms with Gasteiger partial charge >= 0.3 is 5.97 Å². The van der Waals surface area contributed by atoms with Gasteiger partial charge in [0.25, 0.3) is 5.56 Å². The predicted octanol–water partition coefficient (Wildman–Crippen LogP) is 5.87. The van der Waals surface area contributed by atoms with Gasteiger partial charge in [-0.15, -0.1) is 0 Å². The van der Waals surface area contributed by atoms with Crippen LogP contribution in [0.3, 0.4) is 0 Å². The van der Waals surface area contributed by atoms with Crippen LogP contribution in [0, 0.1) is 0 Å². The van der Waals surface area contributed by atoms with Gasteiger partial charge in [-0.3, -0.25) is 9.36 Å². The Balaban J connectivity index is 1.57. The van der Waals surface area contributed by atoms with Gasteiger partial charge in [-0.1, -0.05) is 65.4 Å². The van der Waals surface area contributed by atoms with Crippen molar-refractivity contribution in [3.63, 3.8) is 0 Å². The number of carbonyl (C=O) groups excluding carboxylic acids is 1. The van der Waals surface area contributed by atoms with Crippen LogP contribution in [0.25, 0.3) is 28.2 Å². The minimum absolute atomic E-state index is 0.187. The fourth-order valence-electron chi connectivity index (χ4n) is 5.16. The molecule has 206 valence electrons. The lowest BCUT2D eigenvalue weighted by molar-refractivity contribution is -0.139. The van der Waals surface area contributed by atoms with Gasteiger partial charge in [0.15, 0.2) is 4.80 Å². The van der Waals surface area contributed by atoms with Crippen molar-refractivity contribution in [3.8, 4) is 17.1 Å². The second-order valence-electron chi connectivity index (χ2n) is 9.42. The number of ether oxygens (including phenoxy) is 2. The first-order chi connectivity index (χ1) is 19.9. The van der Waals surface area contributed by atoms with Crippen LogP contribution in [0.5, 0.6) is 5.75 Å². The third-order valence-electron chi connectivity index (χ3n) is 6.95. The van der Waals surface area contributed by atoms with Gasteiger partial charge in [0.2, 0.25) is 0 Å². The van der Waals surface area contributed by atoms with Crippen molar-refractivity contribution in [2.45, 2.75) is 19.9 Å². The number of rotatable bonds is 6. The second-order valence-corrected chi connectivity index (χ2v) is 10.9. The number of nitrogens with zero attached hydrogens (tertiary/aromatic N) is 2. The normalized spacial score (nSPS) is 15.1. The topological polar surface area (TPSA) is 83.0 Å². The van der Waals surface area contributed by atoms with E-state index in [1.807, 2.05) is 60.7 Å². The highest BCUT2D eigenvalue weighted by Crippen LogP contribution is 2.40. The smallest absolute Gasteiger partial charge is 0.338 e. The van der Waals surface area contributed by atoms with E-state index in [1.54, 1.807) is 43.7 Å². The van der Waals surface area contributed by atoms with Crippen LogP contribution in [0.15, 0.2) is 98.3 Å². The SMILES string of the molecule is CCOC(=O)C1=C(C)N=c2s/c(=C/c3ccc(-c4cccc(Cl)c4)o3)c(=O)n2[C@H]1c1c(OC)ccc2ccccc12. The van der Waals surface area contributed by atoms with Crippen molar-refractivity contribution in [2.75, 3.05) is 13.7 Å². The monoisotopic (exact) mass is 584 g/mol. The van der Waals surface area contributed by atoms with Crippen LogP contribution in [0.1, 0.15) is 31.2 Å². The number of hydrogen-bond acceptors (Lipinski definition) is 7. The number of halogens is 1. The number of hydrogen-bond donors (Lipinski definition) is 0. The summed E-state index contributed by atoms with van der Waals surface area (Å²) in [6.45, 7) is 3.70. The van der Waals surface area contributed by atoms with E-state index in [0.717, 1.165) is 16.3 Å². The Morgan fingerprint density at radius 3 is 2.73 bits per heavy atom. The molecule has 7 nitrogen and oxygen atoms in total. The summed E-state index contributed by atoms with van der Waals surface area (Å²) in [6, 6.07) is 21.8. The maximum Gasteiger partial charge on any atom is 0.338 e. The Kier molecular flexibility index (Phi) is 7.11. The minimum atomic E-state index is -0.813. The molecule has 0 N–H and O–H groups in total. The van der Waals surface area contributed by atoms with Gasteiger partial charge < -0.3 is 13.9 Å². The molecule has 0 saturated carbocycles. The molecule has 0 bridgehead atoms. The molecule has 0 amide bonds. The molecule has 0 saturated heterocycles. The van der Waals surface area contributed by atoms with Gasteiger partial charge in [-0.2, -0.15) is 0 Å². The first kappa shape index (κ1) is 26.8. The quantitative estimate of drug-likeness (QED) is 0.233. The van der Waals surface area contributed by atoms with Gasteiger partial charge in [-0.05, 0) is 55.0 Å². The molecule has 9 heteroatoms. The van der Waals surface area contributed by atoms with Gasteiger partial charge in [0.1, 0.15) is 23.3 Å². The van der Waals surface area contributed by atoms with Crippen LogP contribution < -0.4 is 19.6 Å². The highest BCUT2D eigenvalue weighted by Gasteiger charge is 2.36. The van der Waals surface area contributed by atoms with Crippen LogP contribution in [0.2, 0.25) is 5.02 Å². The number of methoxy groups -OCH3 is 1. The van der Waals surface area contributed by atoms with E-state index < -0.39 is 12.0 Å². The number of thiazole rings is 1. The van der Waals surface area contributed by atoms with Crippen molar-refractivity contribution >= 4 is 45.8 Å². The Hall–Kier alpha value is -4.40. The molecule has 5 aromatic rings. The van der Waals surface area contributed by atoms with Gasteiger partial charge in [0.05, 0.1) is 29.5 Å². The summed E-state index contributed by atoms with van der Waals surface area (Å²) in [5.74, 6) is 1.16. The molecule has 0 aliphatic carbocycles. The molecule has 1 atom stereocenters. The number of benzene rings is 3. The molecular weight excluding hydrogens is 560 g/mol. The number of fused-ring (bicyclic) bond motifs is 2. The first-order valence-electron chi connectivity index (χ1n) is 13.0. The van der Waals surface area contributed by atoms with Crippen LogP contribution in [0.4, 0.5) is 0 Å². The molecule has 3 aromatic carbocycles. The van der Waals surface area contributed by atoms with Crippen molar-refractivity contribution < 1.29 is 18.7 Å². The molecule has 1 aliphatic rings. The highest BCUT2D eigenvalue weighted by atomic mass is 35.5. The van der Waals surface area contributed by atoms with E-state index in [1.165, 1.54) is 11.3 Å². The predicted molar refractivity (Wildman–Crippen MR) is 160 cm³/mol. The molecule has 1 aliphatic heterocycles. The summed E-state index contributed by atoms with van der Waals surface area (Å²) >= 11 is 7.38. The molecule has 2 aromatic heterocycles. The van der Waals surface area contributed by atoms with Crippen molar-refractivity contribution in [1.29, 1.82) is 0 Å². The van der Waals surface area contributed by atoms with Crippen molar-refractivity contribution in [3.05, 3.63) is 120 Å². The summed E-state index contributed by atoms with van der Waals surface area (Å²) < 4.78 is 19.3. The summed E-state index contributed by atoms with van der Waals surface area (Å²) in [7, 11) is 1.58. The fraction of sp³-hybridized carbons (Fsp3) is 0.156. The lowest BCUT2D eigenvalue weighted by Gasteiger charge is -2.27. The second kappa shape index (κ2) is 10.9. The van der Waals surface area contributed by atoms with Crippen molar-refractivity contribution in [2.24, 2.45) is 4.99 Å². The number of aromatic nitrogens is 1. The van der Waals surface area contributed by atoms with E-state index in [-0.39, 0.29) is 12.2 Å². The zero-order chi connectivity index (χ0) is 28.7. The van der Waals surface area contributed by atoms with Crippen molar-refractivity contribution in [1.82, 2.24) is 4.57 Å². The van der Waals surface area contributed by atoms with Gasteiger partial charge in [-0.25, -0.2) is 9.79 Å². The zero-order valence-electron chi connectivity index (χ0n) is 22.5. The maximum absolute atomic E-state index is 14.1. The van der Waals surface area contributed by atoms with E-state index >= 15 is 0 Å². The molecule has 0 unspecified atom stereocenters. The maximum atomic E-state index is 14.1. The number of esters is 1. The molecule has 0 spiro atoms. The van der Waals surface area contributed by atoms with E-state index in [2.05, 4.69) is 4.99 Å². The van der Waals surface area contributed by atoms with Crippen LogP contribution in [-0.2, 0) is 9.53 Å². The Morgan fingerprint density at radius 2 is 1.95 bits per heavy atom. The van der Waals surface area contributed by atoms with Gasteiger partial charge in [0, 0.05) is 22.2 Å². The third kappa shape index (κ3) is 4.79. The average Bonchev–Trinajstić information content (AvgIpc) is 3.56. The standard InChI is InChI=1S/C32H25ClN2O5S/c1-4-39-31(37)27-18(2)34-32-35(29(27)28-23-11-6-5-8-19(23)12-14-25(28)38-3)30(36)26(41-32)17-22-13-15-24(40-22)20-9-7-10-21(33)16-20/h5-17,29H,4H2,1-3H3/b26-17+/t29-/m1/s1.